The molecule has 0 saturated carbocycles. The Kier molecular flexibility index (Phi) is 9.15. The number of hydrogen-bond donors (Lipinski definition) is 1. The van der Waals surface area contributed by atoms with Gasteiger partial charge >= 0.3 is 0 Å². The highest BCUT2D eigenvalue weighted by Crippen LogP contribution is 2.27. The number of amides is 1. The van der Waals surface area contributed by atoms with E-state index in [0.29, 0.717) is 34.4 Å². The van der Waals surface area contributed by atoms with Gasteiger partial charge in [0, 0.05) is 16.7 Å². The van der Waals surface area contributed by atoms with E-state index in [1.54, 1.807) is 42.5 Å². The number of anilines is 1. The van der Waals surface area contributed by atoms with Crippen LogP contribution in [0.25, 0.3) is 0 Å². The number of carbonyl (C=O) groups is 1. The molecule has 0 aromatic heterocycles. The van der Waals surface area contributed by atoms with Crippen LogP contribution in [0.3, 0.4) is 0 Å². The van der Waals surface area contributed by atoms with Gasteiger partial charge in [0.1, 0.15) is 23.8 Å². The molecule has 0 aliphatic heterocycles. The molecule has 11 heteroatoms. The van der Waals surface area contributed by atoms with E-state index in [1.165, 1.54) is 44.7 Å². The van der Waals surface area contributed by atoms with Gasteiger partial charge in [-0.2, -0.15) is 5.10 Å². The van der Waals surface area contributed by atoms with Crippen LogP contribution in [0, 0.1) is 0 Å². The highest BCUT2D eigenvalue weighted by molar-refractivity contribution is 7.92. The number of hydrogen-bond acceptors (Lipinski definition) is 7. The molecule has 0 saturated heterocycles. The third-order valence-corrected chi connectivity index (χ3v) is 7.00. The highest BCUT2D eigenvalue weighted by atomic mass is 35.5. The van der Waals surface area contributed by atoms with Gasteiger partial charge in [0.05, 0.1) is 37.6 Å². The van der Waals surface area contributed by atoms with E-state index >= 15 is 0 Å². The first kappa shape index (κ1) is 26.8. The lowest BCUT2D eigenvalue weighted by Crippen LogP contribution is -2.39. The van der Waals surface area contributed by atoms with Gasteiger partial charge in [0.25, 0.3) is 15.9 Å². The van der Waals surface area contributed by atoms with Crippen LogP contribution in [-0.4, -0.2) is 47.9 Å². The molecule has 3 aromatic carbocycles. The average molecular weight is 532 g/mol. The number of halogens is 1. The Balaban J connectivity index is 1.84. The summed E-state index contributed by atoms with van der Waals surface area (Å²) in [6.07, 6.45) is 1.39. The van der Waals surface area contributed by atoms with Crippen molar-refractivity contribution >= 4 is 39.4 Å². The Hall–Kier alpha value is -3.76. The number of rotatable bonds is 11. The summed E-state index contributed by atoms with van der Waals surface area (Å²) in [6.45, 7) is 1.79. The zero-order valence-electron chi connectivity index (χ0n) is 20.0. The molecular formula is C25H26ClN3O6S. The SMILES string of the molecule is CCOc1ccc(N(CC(=O)N/N=C\c2ccc(OC)cc2OC)S(=O)(=O)c2ccc(Cl)cc2)cc1. The summed E-state index contributed by atoms with van der Waals surface area (Å²) >= 11 is 5.92. The summed E-state index contributed by atoms with van der Waals surface area (Å²) in [5, 5.41) is 4.34. The molecule has 9 nitrogen and oxygen atoms in total. The Labute approximate surface area is 215 Å². The first-order valence-electron chi connectivity index (χ1n) is 10.8. The molecule has 1 N–H and O–H groups in total. The summed E-state index contributed by atoms with van der Waals surface area (Å²) in [6, 6.07) is 17.2. The lowest BCUT2D eigenvalue weighted by molar-refractivity contribution is -0.119. The zero-order chi connectivity index (χ0) is 26.1. The largest absolute Gasteiger partial charge is 0.497 e. The van der Waals surface area contributed by atoms with Crippen molar-refractivity contribution in [3.05, 3.63) is 77.3 Å². The first-order chi connectivity index (χ1) is 17.3. The predicted molar refractivity (Wildman–Crippen MR) is 139 cm³/mol. The monoisotopic (exact) mass is 531 g/mol. The van der Waals surface area contributed by atoms with E-state index in [2.05, 4.69) is 10.5 Å². The Morgan fingerprint density at radius 1 is 1.00 bits per heavy atom. The Morgan fingerprint density at radius 2 is 1.67 bits per heavy atom. The molecule has 0 heterocycles. The molecule has 0 aliphatic carbocycles. The van der Waals surface area contributed by atoms with Gasteiger partial charge in [-0.1, -0.05) is 11.6 Å². The molecule has 3 aromatic rings. The molecular weight excluding hydrogens is 506 g/mol. The van der Waals surface area contributed by atoms with E-state index in [0.717, 1.165) is 4.31 Å². The highest BCUT2D eigenvalue weighted by Gasteiger charge is 2.27. The molecule has 0 bridgehead atoms. The number of hydrazone groups is 1. The first-order valence-corrected chi connectivity index (χ1v) is 12.7. The molecule has 3 rings (SSSR count). The number of carbonyl (C=O) groups excluding carboxylic acids is 1. The molecule has 1 amide bonds. The van der Waals surface area contributed by atoms with Crippen molar-refractivity contribution in [3.63, 3.8) is 0 Å². The van der Waals surface area contributed by atoms with Crippen molar-refractivity contribution in [3.8, 4) is 17.2 Å². The number of nitrogens with zero attached hydrogens (tertiary/aromatic N) is 2. The second-order valence-electron chi connectivity index (χ2n) is 7.29. The normalized spacial score (nSPS) is 11.2. The summed E-state index contributed by atoms with van der Waals surface area (Å²) in [5.41, 5.74) is 3.24. The van der Waals surface area contributed by atoms with Gasteiger partial charge in [0.15, 0.2) is 0 Å². The van der Waals surface area contributed by atoms with Crippen LogP contribution in [0.15, 0.2) is 76.7 Å². The van der Waals surface area contributed by atoms with Crippen molar-refractivity contribution < 1.29 is 27.4 Å². The van der Waals surface area contributed by atoms with Gasteiger partial charge in [-0.25, -0.2) is 13.8 Å². The molecule has 190 valence electrons. The molecule has 0 fully saturated rings. The summed E-state index contributed by atoms with van der Waals surface area (Å²) in [5.74, 6) is 1.03. The summed E-state index contributed by atoms with van der Waals surface area (Å²) in [7, 11) is -1.06. The number of methoxy groups -OCH3 is 2. The molecule has 0 radical (unpaired) electrons. The number of nitrogens with one attached hydrogen (secondary N) is 1. The molecule has 0 unspecified atom stereocenters. The maximum absolute atomic E-state index is 13.4. The number of benzene rings is 3. The average Bonchev–Trinajstić information content (AvgIpc) is 2.88. The minimum atomic E-state index is -4.10. The summed E-state index contributed by atoms with van der Waals surface area (Å²) in [4.78, 5) is 12.7. The van der Waals surface area contributed by atoms with Crippen LogP contribution in [0.2, 0.25) is 5.02 Å². The van der Waals surface area contributed by atoms with Crippen LogP contribution >= 0.6 is 11.6 Å². The molecule has 36 heavy (non-hydrogen) atoms. The second-order valence-corrected chi connectivity index (χ2v) is 9.59. The van der Waals surface area contributed by atoms with Gasteiger partial charge in [0.2, 0.25) is 0 Å². The Morgan fingerprint density at radius 3 is 2.28 bits per heavy atom. The standard InChI is InChI=1S/C25H26ClN3O6S/c1-4-35-21-11-8-20(9-12-21)29(36(31,32)23-13-6-19(26)7-14-23)17-25(30)28-27-16-18-5-10-22(33-2)15-24(18)34-3/h5-16H,4,17H2,1-3H3,(H,28,30)/b27-16-. The fraction of sp³-hybridized carbons (Fsp3) is 0.200. The van der Waals surface area contributed by atoms with E-state index in [-0.39, 0.29) is 10.6 Å². The molecule has 0 spiro atoms. The van der Waals surface area contributed by atoms with Gasteiger partial charge in [-0.3, -0.25) is 9.10 Å². The van der Waals surface area contributed by atoms with Gasteiger partial charge in [-0.05, 0) is 67.6 Å². The van der Waals surface area contributed by atoms with Crippen LogP contribution < -0.4 is 23.9 Å². The van der Waals surface area contributed by atoms with Crippen molar-refractivity contribution in [1.82, 2.24) is 5.43 Å². The third-order valence-electron chi connectivity index (χ3n) is 4.96. The number of ether oxygens (including phenoxy) is 3. The van der Waals surface area contributed by atoms with E-state index in [1.807, 2.05) is 6.92 Å². The maximum Gasteiger partial charge on any atom is 0.264 e. The van der Waals surface area contributed by atoms with E-state index in [4.69, 9.17) is 25.8 Å². The quantitative estimate of drug-likeness (QED) is 0.295. The van der Waals surface area contributed by atoms with Crippen molar-refractivity contribution in [1.29, 1.82) is 0 Å². The second kappa shape index (κ2) is 12.3. The minimum Gasteiger partial charge on any atom is -0.497 e. The lowest BCUT2D eigenvalue weighted by atomic mass is 10.2. The minimum absolute atomic E-state index is 0.0138. The zero-order valence-corrected chi connectivity index (χ0v) is 21.5. The number of sulfonamides is 1. The van der Waals surface area contributed by atoms with Crippen molar-refractivity contribution in [2.24, 2.45) is 5.10 Å². The van der Waals surface area contributed by atoms with E-state index in [9.17, 15) is 13.2 Å². The summed E-state index contributed by atoms with van der Waals surface area (Å²) < 4.78 is 43.8. The van der Waals surface area contributed by atoms with Gasteiger partial charge in [-0.15, -0.1) is 0 Å². The van der Waals surface area contributed by atoms with E-state index < -0.39 is 22.5 Å². The third kappa shape index (κ3) is 6.67. The lowest BCUT2D eigenvalue weighted by Gasteiger charge is -2.24. The van der Waals surface area contributed by atoms with Crippen molar-refractivity contribution in [2.75, 3.05) is 31.7 Å². The topological polar surface area (TPSA) is 107 Å². The fourth-order valence-electron chi connectivity index (χ4n) is 3.19. The van der Waals surface area contributed by atoms with Crippen LogP contribution in [0.1, 0.15) is 12.5 Å². The predicted octanol–water partition coefficient (Wildman–Crippen LogP) is 4.10. The van der Waals surface area contributed by atoms with Crippen molar-refractivity contribution in [2.45, 2.75) is 11.8 Å². The Bertz CT molecular complexity index is 1310. The molecule has 0 aliphatic rings. The van der Waals surface area contributed by atoms with Gasteiger partial charge < -0.3 is 14.2 Å². The fourth-order valence-corrected chi connectivity index (χ4v) is 4.74. The smallest absolute Gasteiger partial charge is 0.264 e. The van der Waals surface area contributed by atoms with Crippen LogP contribution in [0.5, 0.6) is 17.2 Å². The molecule has 0 atom stereocenters. The van der Waals surface area contributed by atoms with Crippen LogP contribution in [-0.2, 0) is 14.8 Å². The van der Waals surface area contributed by atoms with Crippen LogP contribution in [0.4, 0.5) is 5.69 Å². The maximum atomic E-state index is 13.4.